The van der Waals surface area contributed by atoms with E-state index in [1.54, 1.807) is 12.1 Å². The number of allylic oxidation sites excluding steroid dienone is 6. The van der Waals surface area contributed by atoms with Crippen LogP contribution >= 0.6 is 15.9 Å². The highest BCUT2D eigenvalue weighted by Gasteiger charge is 2.23. The van der Waals surface area contributed by atoms with Crippen molar-refractivity contribution in [2.24, 2.45) is 0 Å². The Morgan fingerprint density at radius 1 is 1.33 bits per heavy atom. The zero-order valence-corrected chi connectivity index (χ0v) is 11.6. The molecule has 0 nitrogen and oxygen atoms in total. The number of rotatable bonds is 4. The molecule has 1 aromatic rings. The topological polar surface area (TPSA) is 0 Å². The Balaban J connectivity index is 2.46. The van der Waals surface area contributed by atoms with Crippen molar-refractivity contribution in [2.45, 2.75) is 6.42 Å². The number of alkyl halides is 1. The molecule has 0 unspecified atom stereocenters. The Bertz CT molecular complexity index is 547. The van der Waals surface area contributed by atoms with E-state index in [-0.39, 0.29) is 5.82 Å². The van der Waals surface area contributed by atoms with Crippen LogP contribution in [0.2, 0.25) is 0 Å². The van der Waals surface area contributed by atoms with Gasteiger partial charge in [-0.05, 0) is 46.4 Å². The first-order valence-electron chi connectivity index (χ1n) is 5.72. The maximum absolute atomic E-state index is 13.0. The van der Waals surface area contributed by atoms with E-state index in [0.29, 0.717) is 0 Å². The van der Waals surface area contributed by atoms with Gasteiger partial charge < -0.3 is 0 Å². The quantitative estimate of drug-likeness (QED) is 0.539. The standard InChI is InChI=1S/C16H14BrF/c1-3-12(10-17)9-16(15-8-11(15)2)13-4-6-14(18)7-5-13/h3-7,9H,1-2,8,10H2/b12-9+,16-15-. The Morgan fingerprint density at radius 3 is 2.39 bits per heavy atom. The predicted octanol–water partition coefficient (Wildman–Crippen LogP) is 5.05. The Morgan fingerprint density at radius 2 is 1.94 bits per heavy atom. The van der Waals surface area contributed by atoms with Gasteiger partial charge in [0.25, 0.3) is 0 Å². The molecule has 0 heterocycles. The van der Waals surface area contributed by atoms with Crippen LogP contribution in [0.1, 0.15) is 12.0 Å². The third kappa shape index (κ3) is 2.88. The van der Waals surface area contributed by atoms with Crippen molar-refractivity contribution in [3.63, 3.8) is 0 Å². The first-order valence-corrected chi connectivity index (χ1v) is 6.84. The second-order valence-corrected chi connectivity index (χ2v) is 4.80. The van der Waals surface area contributed by atoms with Crippen LogP contribution in [0.4, 0.5) is 4.39 Å². The first-order chi connectivity index (χ1) is 8.65. The lowest BCUT2D eigenvalue weighted by Gasteiger charge is -2.04. The number of hydrogen-bond acceptors (Lipinski definition) is 0. The van der Waals surface area contributed by atoms with Gasteiger partial charge in [-0.2, -0.15) is 0 Å². The summed E-state index contributed by atoms with van der Waals surface area (Å²) in [4.78, 5) is 0. The average Bonchev–Trinajstić information content (AvgIpc) is 3.09. The SMILES string of the molecule is C=C/C(=C\C(=C1/CC1=C)c1ccc(F)cc1)CBr. The van der Waals surface area contributed by atoms with Gasteiger partial charge >= 0.3 is 0 Å². The summed E-state index contributed by atoms with van der Waals surface area (Å²) in [5, 5.41) is 0.751. The second-order valence-electron chi connectivity index (χ2n) is 4.24. The molecule has 0 aliphatic heterocycles. The smallest absolute Gasteiger partial charge is 0.123 e. The molecule has 1 aromatic carbocycles. The van der Waals surface area contributed by atoms with E-state index in [9.17, 15) is 4.39 Å². The van der Waals surface area contributed by atoms with Crippen molar-refractivity contribution in [3.05, 3.63) is 77.7 Å². The van der Waals surface area contributed by atoms with Crippen LogP contribution in [0.3, 0.4) is 0 Å². The Labute approximate surface area is 115 Å². The molecule has 2 heteroatoms. The molecule has 2 rings (SSSR count). The van der Waals surface area contributed by atoms with Gasteiger partial charge in [-0.1, -0.05) is 53.4 Å². The van der Waals surface area contributed by atoms with Crippen LogP contribution in [-0.4, -0.2) is 5.33 Å². The fraction of sp³-hybridized carbons (Fsp3) is 0.125. The van der Waals surface area contributed by atoms with Crippen LogP contribution in [0.5, 0.6) is 0 Å². The highest BCUT2D eigenvalue weighted by Crippen LogP contribution is 2.42. The van der Waals surface area contributed by atoms with Gasteiger partial charge in [0.15, 0.2) is 0 Å². The third-order valence-electron chi connectivity index (χ3n) is 2.92. The molecule has 0 bridgehead atoms. The lowest BCUT2D eigenvalue weighted by molar-refractivity contribution is 0.627. The van der Waals surface area contributed by atoms with Gasteiger partial charge in [-0.3, -0.25) is 0 Å². The fourth-order valence-electron chi connectivity index (χ4n) is 1.77. The zero-order chi connectivity index (χ0) is 13.1. The van der Waals surface area contributed by atoms with Crippen LogP contribution < -0.4 is 0 Å². The minimum atomic E-state index is -0.217. The van der Waals surface area contributed by atoms with Gasteiger partial charge in [0.05, 0.1) is 0 Å². The summed E-state index contributed by atoms with van der Waals surface area (Å²) >= 11 is 3.43. The maximum Gasteiger partial charge on any atom is 0.123 e. The Hall–Kier alpha value is -1.41. The van der Waals surface area contributed by atoms with Crippen molar-refractivity contribution in [2.75, 3.05) is 5.33 Å². The van der Waals surface area contributed by atoms with Gasteiger partial charge in [0.1, 0.15) is 5.82 Å². The number of hydrogen-bond donors (Lipinski definition) is 0. The monoisotopic (exact) mass is 304 g/mol. The molecule has 1 aliphatic carbocycles. The molecule has 0 atom stereocenters. The highest BCUT2D eigenvalue weighted by atomic mass is 79.9. The molecule has 1 saturated carbocycles. The summed E-state index contributed by atoms with van der Waals surface area (Å²) in [7, 11) is 0. The van der Waals surface area contributed by atoms with Crippen molar-refractivity contribution >= 4 is 21.5 Å². The molecule has 92 valence electrons. The lowest BCUT2D eigenvalue weighted by Crippen LogP contribution is -1.86. The molecule has 0 saturated heterocycles. The highest BCUT2D eigenvalue weighted by molar-refractivity contribution is 9.09. The van der Waals surface area contributed by atoms with E-state index in [4.69, 9.17) is 0 Å². The fourth-order valence-corrected chi connectivity index (χ4v) is 2.16. The maximum atomic E-state index is 13.0. The van der Waals surface area contributed by atoms with E-state index < -0.39 is 0 Å². The van der Waals surface area contributed by atoms with E-state index in [0.717, 1.165) is 34.0 Å². The van der Waals surface area contributed by atoms with Crippen LogP contribution in [0.25, 0.3) is 5.57 Å². The molecule has 0 amide bonds. The van der Waals surface area contributed by atoms with Gasteiger partial charge in [-0.15, -0.1) is 0 Å². The summed E-state index contributed by atoms with van der Waals surface area (Å²) < 4.78 is 13.0. The lowest BCUT2D eigenvalue weighted by atomic mass is 10.0. The summed E-state index contributed by atoms with van der Waals surface area (Å²) in [5.41, 5.74) is 5.65. The van der Waals surface area contributed by atoms with E-state index in [1.807, 2.05) is 6.08 Å². The molecule has 0 aromatic heterocycles. The molecule has 1 aliphatic rings. The Kier molecular flexibility index (Phi) is 3.97. The molecule has 1 fully saturated rings. The van der Waals surface area contributed by atoms with Crippen molar-refractivity contribution in [3.8, 4) is 0 Å². The molecule has 0 spiro atoms. The van der Waals surface area contributed by atoms with E-state index in [2.05, 4.69) is 35.2 Å². The predicted molar refractivity (Wildman–Crippen MR) is 79.2 cm³/mol. The molecule has 0 radical (unpaired) electrons. The van der Waals surface area contributed by atoms with Crippen molar-refractivity contribution in [1.82, 2.24) is 0 Å². The molecule has 0 N–H and O–H groups in total. The minimum Gasteiger partial charge on any atom is -0.207 e. The number of halogens is 2. The largest absolute Gasteiger partial charge is 0.207 e. The van der Waals surface area contributed by atoms with Gasteiger partial charge in [-0.25, -0.2) is 4.39 Å². The molecular formula is C16H14BrF. The first kappa shape index (κ1) is 13.0. The summed E-state index contributed by atoms with van der Waals surface area (Å²) in [6.07, 6.45) is 4.85. The minimum absolute atomic E-state index is 0.217. The zero-order valence-electron chi connectivity index (χ0n) is 10.0. The van der Waals surface area contributed by atoms with Crippen LogP contribution in [0, 0.1) is 5.82 Å². The van der Waals surface area contributed by atoms with Gasteiger partial charge in [0, 0.05) is 5.33 Å². The summed E-state index contributed by atoms with van der Waals surface area (Å²) in [6, 6.07) is 6.57. The molecular weight excluding hydrogens is 291 g/mol. The molecule has 18 heavy (non-hydrogen) atoms. The second kappa shape index (κ2) is 5.49. The van der Waals surface area contributed by atoms with Gasteiger partial charge in [0.2, 0.25) is 0 Å². The van der Waals surface area contributed by atoms with E-state index >= 15 is 0 Å². The van der Waals surface area contributed by atoms with Crippen LogP contribution in [0.15, 0.2) is 66.3 Å². The van der Waals surface area contributed by atoms with E-state index in [1.165, 1.54) is 17.7 Å². The van der Waals surface area contributed by atoms with Crippen molar-refractivity contribution in [1.29, 1.82) is 0 Å². The summed E-state index contributed by atoms with van der Waals surface area (Å²) in [6.45, 7) is 7.76. The van der Waals surface area contributed by atoms with Crippen molar-refractivity contribution < 1.29 is 4.39 Å². The average molecular weight is 305 g/mol. The normalized spacial score (nSPS) is 17.7. The number of benzene rings is 1. The summed E-state index contributed by atoms with van der Waals surface area (Å²) in [5.74, 6) is -0.217. The third-order valence-corrected chi connectivity index (χ3v) is 3.57. The van der Waals surface area contributed by atoms with Crippen LogP contribution in [-0.2, 0) is 0 Å².